The Morgan fingerprint density at radius 1 is 1.08 bits per heavy atom. The fourth-order valence-corrected chi connectivity index (χ4v) is 3.21. The van der Waals surface area contributed by atoms with Gasteiger partial charge in [0.2, 0.25) is 5.91 Å². The monoisotopic (exact) mass is 370 g/mol. The Morgan fingerprint density at radius 3 is 2.04 bits per heavy atom. The standard InChI is InChI=1S/C16H13F3N2O5/c17-16(18,19)11-6-20(5-10(11)15(25)26)12(22)7-21-13(23)8-3-1-2-4-9(8)14(21)24/h1-4,10-11H,5-7H2,(H,25,26)/t10-,11-/m1/s1. The molecule has 7 nitrogen and oxygen atoms in total. The van der Waals surface area contributed by atoms with E-state index in [9.17, 15) is 32.3 Å². The molecule has 0 aliphatic carbocycles. The molecule has 1 aromatic rings. The lowest BCUT2D eigenvalue weighted by Crippen LogP contribution is -2.42. The number of halogens is 3. The third kappa shape index (κ3) is 2.91. The molecule has 1 N–H and O–H groups in total. The van der Waals surface area contributed by atoms with Crippen LogP contribution in [-0.2, 0) is 9.59 Å². The Balaban J connectivity index is 1.75. The van der Waals surface area contributed by atoms with Crippen LogP contribution >= 0.6 is 0 Å². The molecule has 2 aliphatic heterocycles. The zero-order valence-electron chi connectivity index (χ0n) is 13.2. The van der Waals surface area contributed by atoms with Crippen LogP contribution in [0.4, 0.5) is 13.2 Å². The van der Waals surface area contributed by atoms with Gasteiger partial charge in [-0.25, -0.2) is 0 Å². The van der Waals surface area contributed by atoms with Crippen molar-refractivity contribution in [3.63, 3.8) is 0 Å². The summed E-state index contributed by atoms with van der Waals surface area (Å²) in [5.41, 5.74) is 0.228. The minimum Gasteiger partial charge on any atom is -0.481 e. The van der Waals surface area contributed by atoms with Gasteiger partial charge in [0, 0.05) is 13.1 Å². The number of aliphatic carboxylic acids is 1. The lowest BCUT2D eigenvalue weighted by Gasteiger charge is -2.20. The van der Waals surface area contributed by atoms with E-state index in [0.29, 0.717) is 4.90 Å². The maximum atomic E-state index is 13.0. The third-order valence-corrected chi connectivity index (χ3v) is 4.58. The fraction of sp³-hybridized carbons (Fsp3) is 0.375. The number of carboxylic acids is 1. The number of fused-ring (bicyclic) bond motifs is 1. The highest BCUT2D eigenvalue weighted by atomic mass is 19.4. The first-order valence-electron chi connectivity index (χ1n) is 7.63. The maximum absolute atomic E-state index is 13.0. The lowest BCUT2D eigenvalue weighted by atomic mass is 9.96. The van der Waals surface area contributed by atoms with Gasteiger partial charge in [-0.05, 0) is 12.1 Å². The topological polar surface area (TPSA) is 95.0 Å². The molecule has 3 rings (SSSR count). The first-order chi connectivity index (χ1) is 12.1. The summed E-state index contributed by atoms with van der Waals surface area (Å²) in [7, 11) is 0. The van der Waals surface area contributed by atoms with E-state index < -0.39 is 61.3 Å². The van der Waals surface area contributed by atoms with Gasteiger partial charge in [-0.15, -0.1) is 0 Å². The number of amides is 3. The van der Waals surface area contributed by atoms with Gasteiger partial charge in [0.25, 0.3) is 11.8 Å². The summed E-state index contributed by atoms with van der Waals surface area (Å²) < 4.78 is 39.0. The number of alkyl halides is 3. The van der Waals surface area contributed by atoms with Crippen LogP contribution in [0.15, 0.2) is 24.3 Å². The number of benzene rings is 1. The SMILES string of the molecule is O=C(O)[C@@H]1CN(C(=O)CN2C(=O)c3ccccc3C2=O)C[C@H]1C(F)(F)F. The minimum absolute atomic E-state index is 0.114. The van der Waals surface area contributed by atoms with Crippen LogP contribution in [0, 0.1) is 11.8 Å². The van der Waals surface area contributed by atoms with Crippen molar-refractivity contribution < 1.29 is 37.5 Å². The van der Waals surface area contributed by atoms with Gasteiger partial charge in [-0.3, -0.25) is 24.1 Å². The number of rotatable bonds is 3. The van der Waals surface area contributed by atoms with Crippen molar-refractivity contribution in [3.8, 4) is 0 Å². The number of likely N-dealkylation sites (tertiary alicyclic amines) is 1. The maximum Gasteiger partial charge on any atom is 0.394 e. The molecule has 2 aliphatic rings. The summed E-state index contributed by atoms with van der Waals surface area (Å²) >= 11 is 0. The molecule has 0 spiro atoms. The first-order valence-corrected chi connectivity index (χ1v) is 7.63. The van der Waals surface area contributed by atoms with Gasteiger partial charge < -0.3 is 10.0 Å². The molecule has 10 heteroatoms. The van der Waals surface area contributed by atoms with Gasteiger partial charge >= 0.3 is 12.1 Å². The highest BCUT2D eigenvalue weighted by molar-refractivity contribution is 6.22. The Kier molecular flexibility index (Phi) is 4.21. The van der Waals surface area contributed by atoms with E-state index in [0.717, 1.165) is 4.90 Å². The minimum atomic E-state index is -4.77. The molecule has 3 amide bonds. The van der Waals surface area contributed by atoms with Crippen molar-refractivity contribution in [3.05, 3.63) is 35.4 Å². The second-order valence-electron chi connectivity index (χ2n) is 6.13. The zero-order valence-corrected chi connectivity index (χ0v) is 13.2. The van der Waals surface area contributed by atoms with E-state index >= 15 is 0 Å². The highest BCUT2D eigenvalue weighted by Gasteiger charge is 2.53. The molecule has 0 saturated carbocycles. The van der Waals surface area contributed by atoms with E-state index in [2.05, 4.69) is 0 Å². The number of carboxylic acid groups (broad SMARTS) is 1. The Hall–Kier alpha value is -2.91. The van der Waals surface area contributed by atoms with E-state index in [1.807, 2.05) is 0 Å². The number of carbonyl (C=O) groups excluding carboxylic acids is 3. The van der Waals surface area contributed by atoms with Crippen LogP contribution in [0.25, 0.3) is 0 Å². The van der Waals surface area contributed by atoms with Crippen molar-refractivity contribution in [1.29, 1.82) is 0 Å². The summed E-state index contributed by atoms with van der Waals surface area (Å²) in [6.45, 7) is -2.17. The predicted octanol–water partition coefficient (Wildman–Crippen LogP) is 1.00. The molecule has 26 heavy (non-hydrogen) atoms. The van der Waals surface area contributed by atoms with Gasteiger partial charge in [-0.2, -0.15) is 13.2 Å². The summed E-state index contributed by atoms with van der Waals surface area (Å²) in [5, 5.41) is 8.98. The number of carbonyl (C=O) groups is 4. The summed E-state index contributed by atoms with van der Waals surface area (Å²) in [6, 6.07) is 5.91. The second kappa shape index (κ2) is 6.11. The first kappa shape index (κ1) is 17.9. The van der Waals surface area contributed by atoms with Crippen molar-refractivity contribution >= 4 is 23.7 Å². The van der Waals surface area contributed by atoms with Crippen LogP contribution < -0.4 is 0 Å². The molecule has 1 fully saturated rings. The van der Waals surface area contributed by atoms with Crippen molar-refractivity contribution in [2.45, 2.75) is 6.18 Å². The van der Waals surface area contributed by atoms with Crippen molar-refractivity contribution in [1.82, 2.24) is 9.80 Å². The Bertz CT molecular complexity index is 772. The van der Waals surface area contributed by atoms with Gasteiger partial charge in [-0.1, -0.05) is 12.1 Å². The predicted molar refractivity (Wildman–Crippen MR) is 79.1 cm³/mol. The van der Waals surface area contributed by atoms with Crippen molar-refractivity contribution in [2.24, 2.45) is 11.8 Å². The van der Waals surface area contributed by atoms with Crippen LogP contribution in [-0.4, -0.2) is 64.4 Å². The van der Waals surface area contributed by atoms with Gasteiger partial charge in [0.1, 0.15) is 6.54 Å². The molecule has 2 heterocycles. The summed E-state index contributed by atoms with van der Waals surface area (Å²) in [4.78, 5) is 49.2. The average molecular weight is 370 g/mol. The van der Waals surface area contributed by atoms with Crippen LogP contribution in [0.1, 0.15) is 20.7 Å². The molecule has 0 bridgehead atoms. The molecule has 2 atom stereocenters. The number of hydrogen-bond acceptors (Lipinski definition) is 4. The van der Waals surface area contributed by atoms with E-state index in [-0.39, 0.29) is 11.1 Å². The summed E-state index contributed by atoms with van der Waals surface area (Å²) in [6.07, 6.45) is -4.77. The van der Waals surface area contributed by atoms with Gasteiger partial charge in [0.15, 0.2) is 0 Å². The number of hydrogen-bond donors (Lipinski definition) is 1. The molecule has 1 aromatic carbocycles. The number of imide groups is 1. The van der Waals surface area contributed by atoms with Gasteiger partial charge in [0.05, 0.1) is 23.0 Å². The van der Waals surface area contributed by atoms with Crippen molar-refractivity contribution in [2.75, 3.05) is 19.6 Å². The molecule has 0 unspecified atom stereocenters. The highest BCUT2D eigenvalue weighted by Crippen LogP contribution is 2.37. The van der Waals surface area contributed by atoms with E-state index in [1.54, 1.807) is 12.1 Å². The van der Waals surface area contributed by atoms with Crippen LogP contribution in [0.5, 0.6) is 0 Å². The largest absolute Gasteiger partial charge is 0.481 e. The number of nitrogens with zero attached hydrogens (tertiary/aromatic N) is 2. The normalized spacial score (nSPS) is 22.7. The zero-order chi connectivity index (χ0) is 19.2. The smallest absolute Gasteiger partial charge is 0.394 e. The van der Waals surface area contributed by atoms with E-state index in [4.69, 9.17) is 5.11 Å². The lowest BCUT2D eigenvalue weighted by molar-refractivity contribution is -0.188. The summed E-state index contributed by atoms with van der Waals surface area (Å²) in [5.74, 6) is -7.94. The van der Waals surface area contributed by atoms with E-state index in [1.165, 1.54) is 12.1 Å². The fourth-order valence-electron chi connectivity index (χ4n) is 3.21. The quantitative estimate of drug-likeness (QED) is 0.801. The Labute approximate surface area is 145 Å². The van der Waals surface area contributed by atoms with Crippen LogP contribution in [0.2, 0.25) is 0 Å². The third-order valence-electron chi connectivity index (χ3n) is 4.58. The average Bonchev–Trinajstić information content (AvgIpc) is 3.12. The molecule has 1 saturated heterocycles. The molecular weight excluding hydrogens is 357 g/mol. The Morgan fingerprint density at radius 2 is 1.62 bits per heavy atom. The molecule has 138 valence electrons. The second-order valence-corrected chi connectivity index (χ2v) is 6.13. The molecular formula is C16H13F3N2O5. The van der Waals surface area contributed by atoms with Crippen LogP contribution in [0.3, 0.4) is 0 Å². The molecule has 0 aromatic heterocycles. The molecule has 0 radical (unpaired) electrons.